The van der Waals surface area contributed by atoms with Gasteiger partial charge in [0.2, 0.25) is 5.91 Å². The van der Waals surface area contributed by atoms with Crippen LogP contribution in [0.1, 0.15) is 34.3 Å². The summed E-state index contributed by atoms with van der Waals surface area (Å²) in [7, 11) is 1.76. The molecule has 5 nitrogen and oxygen atoms in total. The van der Waals surface area contributed by atoms with Gasteiger partial charge in [0.25, 0.3) is 5.91 Å². The first kappa shape index (κ1) is 19.0. The van der Waals surface area contributed by atoms with Crippen LogP contribution in [0.4, 0.5) is 5.69 Å². The highest BCUT2D eigenvalue weighted by atomic mass is 16.5. The molecule has 27 heavy (non-hydrogen) atoms. The van der Waals surface area contributed by atoms with E-state index >= 15 is 0 Å². The fourth-order valence-electron chi connectivity index (χ4n) is 3.37. The summed E-state index contributed by atoms with van der Waals surface area (Å²) in [4.78, 5) is 28.0. The number of carbonyl (C=O) groups is 2. The van der Waals surface area contributed by atoms with Crippen LogP contribution in [0.5, 0.6) is 5.75 Å². The van der Waals surface area contributed by atoms with E-state index in [0.29, 0.717) is 25.1 Å². The molecule has 0 spiro atoms. The first-order valence-electron chi connectivity index (χ1n) is 9.31. The second-order valence-corrected chi connectivity index (χ2v) is 7.10. The standard InChI is InChI=1S/C22H26N2O3/c1-16-12-17(2)14-20(13-16)27-11-10-23(3)22(26)18-6-4-7-19(15-18)24-9-5-8-21(24)25/h4,6-7,12-15H,5,8-11H2,1-3H3. The summed E-state index contributed by atoms with van der Waals surface area (Å²) in [5, 5.41) is 0. The van der Waals surface area contributed by atoms with Crippen molar-refractivity contribution in [3.05, 3.63) is 59.2 Å². The maximum absolute atomic E-state index is 12.7. The van der Waals surface area contributed by atoms with Gasteiger partial charge in [-0.15, -0.1) is 0 Å². The highest BCUT2D eigenvalue weighted by Gasteiger charge is 2.22. The van der Waals surface area contributed by atoms with E-state index in [0.717, 1.165) is 35.5 Å². The molecule has 1 saturated heterocycles. The number of hydrogen-bond donors (Lipinski definition) is 0. The summed E-state index contributed by atoms with van der Waals surface area (Å²) in [5.41, 5.74) is 3.69. The van der Waals surface area contributed by atoms with Crippen molar-refractivity contribution in [1.29, 1.82) is 0 Å². The number of aryl methyl sites for hydroxylation is 2. The van der Waals surface area contributed by atoms with Gasteiger partial charge < -0.3 is 14.5 Å². The molecule has 0 aliphatic carbocycles. The van der Waals surface area contributed by atoms with Crippen molar-refractivity contribution in [2.24, 2.45) is 0 Å². The van der Waals surface area contributed by atoms with Gasteiger partial charge in [-0.25, -0.2) is 0 Å². The Hall–Kier alpha value is -2.82. The number of nitrogens with zero attached hydrogens (tertiary/aromatic N) is 2. The van der Waals surface area contributed by atoms with Gasteiger partial charge in [-0.3, -0.25) is 9.59 Å². The lowest BCUT2D eigenvalue weighted by Crippen LogP contribution is -2.31. The third-order valence-corrected chi connectivity index (χ3v) is 4.72. The number of benzene rings is 2. The van der Waals surface area contributed by atoms with Gasteiger partial charge in [0.1, 0.15) is 12.4 Å². The van der Waals surface area contributed by atoms with E-state index in [1.54, 1.807) is 29.0 Å². The zero-order valence-corrected chi connectivity index (χ0v) is 16.2. The Bertz CT molecular complexity index is 827. The second kappa shape index (κ2) is 8.25. The van der Waals surface area contributed by atoms with Crippen molar-refractivity contribution >= 4 is 17.5 Å². The highest BCUT2D eigenvalue weighted by Crippen LogP contribution is 2.23. The molecule has 2 aromatic rings. The fraction of sp³-hybridized carbons (Fsp3) is 0.364. The molecule has 1 fully saturated rings. The van der Waals surface area contributed by atoms with Gasteiger partial charge in [-0.05, 0) is 61.7 Å². The van der Waals surface area contributed by atoms with Crippen LogP contribution in [0.3, 0.4) is 0 Å². The number of ether oxygens (including phenoxy) is 1. The molecule has 0 saturated carbocycles. The van der Waals surface area contributed by atoms with E-state index in [9.17, 15) is 9.59 Å². The quantitative estimate of drug-likeness (QED) is 0.785. The minimum Gasteiger partial charge on any atom is -0.492 e. The van der Waals surface area contributed by atoms with Gasteiger partial charge in [0.15, 0.2) is 0 Å². The summed E-state index contributed by atoms with van der Waals surface area (Å²) in [5.74, 6) is 0.866. The number of rotatable bonds is 6. The van der Waals surface area contributed by atoms with Crippen molar-refractivity contribution in [2.45, 2.75) is 26.7 Å². The summed E-state index contributed by atoms with van der Waals surface area (Å²) < 4.78 is 5.80. The van der Waals surface area contributed by atoms with E-state index < -0.39 is 0 Å². The average Bonchev–Trinajstić information content (AvgIpc) is 3.06. The molecular formula is C22H26N2O3. The molecule has 3 rings (SSSR count). The monoisotopic (exact) mass is 366 g/mol. The predicted molar refractivity (Wildman–Crippen MR) is 106 cm³/mol. The molecule has 0 unspecified atom stereocenters. The molecule has 2 amide bonds. The Morgan fingerprint density at radius 2 is 1.89 bits per heavy atom. The predicted octanol–water partition coefficient (Wildman–Crippen LogP) is 3.58. The van der Waals surface area contributed by atoms with E-state index in [4.69, 9.17) is 4.74 Å². The van der Waals surface area contributed by atoms with Crippen LogP contribution in [0, 0.1) is 13.8 Å². The molecule has 0 radical (unpaired) electrons. The number of anilines is 1. The zero-order valence-electron chi connectivity index (χ0n) is 16.2. The van der Waals surface area contributed by atoms with Gasteiger partial charge in [0.05, 0.1) is 6.54 Å². The van der Waals surface area contributed by atoms with Crippen LogP contribution in [-0.4, -0.2) is 43.5 Å². The van der Waals surface area contributed by atoms with Crippen molar-refractivity contribution in [2.75, 3.05) is 31.6 Å². The second-order valence-electron chi connectivity index (χ2n) is 7.10. The number of hydrogen-bond acceptors (Lipinski definition) is 3. The molecular weight excluding hydrogens is 340 g/mol. The summed E-state index contributed by atoms with van der Waals surface area (Å²) in [6.45, 7) is 5.70. The normalized spacial score (nSPS) is 13.7. The van der Waals surface area contributed by atoms with Crippen molar-refractivity contribution in [3.63, 3.8) is 0 Å². The van der Waals surface area contributed by atoms with Crippen LogP contribution >= 0.6 is 0 Å². The SMILES string of the molecule is Cc1cc(C)cc(OCCN(C)C(=O)c2cccc(N3CCCC3=O)c2)c1. The lowest BCUT2D eigenvalue weighted by atomic mass is 10.1. The lowest BCUT2D eigenvalue weighted by Gasteiger charge is -2.20. The third-order valence-electron chi connectivity index (χ3n) is 4.72. The first-order chi connectivity index (χ1) is 12.9. The van der Waals surface area contributed by atoms with E-state index in [2.05, 4.69) is 6.07 Å². The topological polar surface area (TPSA) is 49.9 Å². The van der Waals surface area contributed by atoms with Crippen LogP contribution in [0.25, 0.3) is 0 Å². The molecule has 1 heterocycles. The van der Waals surface area contributed by atoms with Gasteiger partial charge in [0, 0.05) is 31.3 Å². The van der Waals surface area contributed by atoms with Crippen LogP contribution in [-0.2, 0) is 4.79 Å². The molecule has 1 aliphatic heterocycles. The van der Waals surface area contributed by atoms with Crippen LogP contribution < -0.4 is 9.64 Å². The van der Waals surface area contributed by atoms with E-state index in [-0.39, 0.29) is 11.8 Å². The number of amides is 2. The molecule has 5 heteroatoms. The Morgan fingerprint density at radius 3 is 2.56 bits per heavy atom. The fourth-order valence-corrected chi connectivity index (χ4v) is 3.37. The molecule has 0 atom stereocenters. The van der Waals surface area contributed by atoms with Crippen molar-refractivity contribution < 1.29 is 14.3 Å². The molecule has 0 N–H and O–H groups in total. The van der Waals surface area contributed by atoms with Crippen LogP contribution in [0.15, 0.2) is 42.5 Å². The van der Waals surface area contributed by atoms with Gasteiger partial charge in [-0.2, -0.15) is 0 Å². The Morgan fingerprint density at radius 1 is 1.15 bits per heavy atom. The molecule has 0 aromatic heterocycles. The maximum atomic E-state index is 12.7. The molecule has 2 aromatic carbocycles. The summed E-state index contributed by atoms with van der Waals surface area (Å²) in [6.07, 6.45) is 1.44. The highest BCUT2D eigenvalue weighted by molar-refractivity contribution is 5.99. The van der Waals surface area contributed by atoms with Crippen molar-refractivity contribution in [1.82, 2.24) is 4.90 Å². The van der Waals surface area contributed by atoms with Gasteiger partial charge >= 0.3 is 0 Å². The average molecular weight is 366 g/mol. The van der Waals surface area contributed by atoms with E-state index in [1.807, 2.05) is 38.1 Å². The minimum atomic E-state index is -0.0764. The molecule has 0 bridgehead atoms. The Kier molecular flexibility index (Phi) is 5.79. The van der Waals surface area contributed by atoms with Gasteiger partial charge in [-0.1, -0.05) is 12.1 Å². The Balaban J connectivity index is 1.59. The zero-order chi connectivity index (χ0) is 19.4. The number of likely N-dealkylation sites (N-methyl/N-ethyl adjacent to an activating group) is 1. The summed E-state index contributed by atoms with van der Waals surface area (Å²) >= 11 is 0. The first-order valence-corrected chi connectivity index (χ1v) is 9.31. The maximum Gasteiger partial charge on any atom is 0.253 e. The molecule has 142 valence electrons. The van der Waals surface area contributed by atoms with E-state index in [1.165, 1.54) is 0 Å². The largest absolute Gasteiger partial charge is 0.492 e. The smallest absolute Gasteiger partial charge is 0.253 e. The van der Waals surface area contributed by atoms with Crippen molar-refractivity contribution in [3.8, 4) is 5.75 Å². The minimum absolute atomic E-state index is 0.0764. The number of carbonyl (C=O) groups excluding carboxylic acids is 2. The summed E-state index contributed by atoms with van der Waals surface area (Å²) in [6, 6.07) is 13.4. The molecule has 1 aliphatic rings. The van der Waals surface area contributed by atoms with Crippen LogP contribution in [0.2, 0.25) is 0 Å². The third kappa shape index (κ3) is 4.67. The Labute approximate surface area is 160 Å². The lowest BCUT2D eigenvalue weighted by molar-refractivity contribution is -0.117.